The van der Waals surface area contributed by atoms with Gasteiger partial charge in [0.25, 0.3) is 0 Å². The fraction of sp³-hybridized carbons (Fsp3) is 1.00. The number of alkyl halides is 2. The predicted octanol–water partition coefficient (Wildman–Crippen LogP) is -0.342. The van der Waals surface area contributed by atoms with Crippen LogP contribution in [-0.2, 0) is 4.84 Å². The first kappa shape index (κ1) is 3.91. The van der Waals surface area contributed by atoms with Crippen LogP contribution in [0.2, 0.25) is 0 Å². The Morgan fingerprint density at radius 1 is 1.67 bits per heavy atom. The minimum Gasteiger partial charge on any atom is -0.237 e. The first-order valence-corrected chi connectivity index (χ1v) is 1.25. The van der Waals surface area contributed by atoms with Gasteiger partial charge in [0, 0.05) is 0 Å². The second-order valence-corrected chi connectivity index (χ2v) is 0.903. The van der Waals surface area contributed by atoms with Crippen molar-refractivity contribution < 1.29 is 13.6 Å². The summed E-state index contributed by atoms with van der Waals surface area (Å²) in [6, 6.07) is 0. The average molecular weight is 96.0 g/mol. The van der Waals surface area contributed by atoms with Crippen LogP contribution >= 0.6 is 0 Å². The van der Waals surface area contributed by atoms with E-state index < -0.39 is 6.23 Å². The minimum absolute atomic E-state index is 0.0208. The maximum atomic E-state index is 11.1. The molecule has 6 heavy (non-hydrogen) atoms. The maximum Gasteiger partial charge on any atom is 0.479 e. The molecule has 0 aromatic carbocycles. The first-order valence-electron chi connectivity index (χ1n) is 1.25. The molecule has 1 unspecified atom stereocenters. The van der Waals surface area contributed by atoms with E-state index in [9.17, 15) is 8.78 Å². The van der Waals surface area contributed by atoms with Crippen molar-refractivity contribution >= 4 is 0 Å². The van der Waals surface area contributed by atoms with Crippen LogP contribution in [0.1, 0.15) is 0 Å². The van der Waals surface area contributed by atoms with E-state index in [2.05, 4.69) is 10.7 Å². The summed E-state index contributed by atoms with van der Waals surface area (Å²) < 4.78 is 22.2. The zero-order valence-electron chi connectivity index (χ0n) is 2.69. The molecule has 1 rings (SSSR count). The van der Waals surface area contributed by atoms with E-state index in [4.69, 9.17) is 0 Å². The predicted molar refractivity (Wildman–Crippen MR) is 12.1 cm³/mol. The monoisotopic (exact) mass is 96.0 g/mol. The van der Waals surface area contributed by atoms with Crippen LogP contribution in [0.25, 0.3) is 0 Å². The number of rotatable bonds is 0. The lowest BCUT2D eigenvalue weighted by atomic mass is 11.3. The third kappa shape index (κ3) is 0.368. The lowest BCUT2D eigenvalue weighted by molar-refractivity contribution is -0.00119. The van der Waals surface area contributed by atoms with Crippen LogP contribution in [0, 0.1) is 0 Å². The molecule has 5 heteroatoms. The van der Waals surface area contributed by atoms with Crippen molar-refractivity contribution in [3.05, 3.63) is 0 Å². The van der Waals surface area contributed by atoms with Gasteiger partial charge in [-0.05, 0) is 5.17 Å². The Balaban J connectivity index is 2.41. The summed E-state index contributed by atoms with van der Waals surface area (Å²) in [5.41, 5.74) is 0. The van der Waals surface area contributed by atoms with Crippen molar-refractivity contribution in [1.29, 1.82) is 0 Å². The molecule has 1 aliphatic heterocycles. The third-order valence-corrected chi connectivity index (χ3v) is 0.432. The molecule has 1 heterocycles. The Bertz CT molecular complexity index is 73.9. The highest BCUT2D eigenvalue weighted by Gasteiger charge is 2.57. The summed E-state index contributed by atoms with van der Waals surface area (Å²) in [5, 5.41) is -0.0208. The van der Waals surface area contributed by atoms with Gasteiger partial charge < -0.3 is 0 Å². The van der Waals surface area contributed by atoms with Gasteiger partial charge in [-0.1, -0.05) is 0 Å². The van der Waals surface area contributed by atoms with Gasteiger partial charge in [-0.25, -0.2) is 5.84 Å². The van der Waals surface area contributed by atoms with Gasteiger partial charge >= 0.3 is 6.23 Å². The molecule has 0 bridgehead atoms. The van der Waals surface area contributed by atoms with Crippen LogP contribution in [-0.4, -0.2) is 11.4 Å². The number of nitrogens with two attached hydrogens (primary N) is 1. The summed E-state index contributed by atoms with van der Waals surface area (Å²) in [4.78, 5) is 3.38. The molecular weight excluding hydrogens is 94.0 g/mol. The molecule has 0 radical (unpaired) electrons. The molecular formula is CH2F2N2O. The van der Waals surface area contributed by atoms with Crippen LogP contribution in [0.4, 0.5) is 8.78 Å². The van der Waals surface area contributed by atoms with Gasteiger partial charge in [0.05, 0.1) is 0 Å². The van der Waals surface area contributed by atoms with Crippen molar-refractivity contribution in [3.8, 4) is 0 Å². The van der Waals surface area contributed by atoms with E-state index in [1.54, 1.807) is 0 Å². The van der Waals surface area contributed by atoms with Gasteiger partial charge in [0.2, 0.25) is 0 Å². The lowest BCUT2D eigenvalue weighted by Crippen LogP contribution is -2.12. The molecule has 36 valence electrons. The Morgan fingerprint density at radius 2 is 1.83 bits per heavy atom. The summed E-state index contributed by atoms with van der Waals surface area (Å²) in [5.74, 6) is 4.36. The summed E-state index contributed by atoms with van der Waals surface area (Å²) >= 11 is 0. The molecule has 1 saturated heterocycles. The molecule has 0 aliphatic carbocycles. The van der Waals surface area contributed by atoms with E-state index in [0.29, 0.717) is 0 Å². The molecule has 3 nitrogen and oxygen atoms in total. The van der Waals surface area contributed by atoms with Crippen molar-refractivity contribution in [2.45, 2.75) is 6.23 Å². The topological polar surface area (TPSA) is 41.6 Å². The molecule has 0 aromatic heterocycles. The van der Waals surface area contributed by atoms with E-state index >= 15 is 0 Å². The minimum atomic E-state index is -3.18. The second kappa shape index (κ2) is 0.699. The highest BCUT2D eigenvalue weighted by Crippen LogP contribution is 2.32. The number of nitrogens with zero attached hydrogens (tertiary/aromatic N) is 1. The molecule has 0 aromatic rings. The summed E-state index contributed by atoms with van der Waals surface area (Å²) in [7, 11) is 0. The first-order chi connectivity index (χ1) is 2.63. The van der Waals surface area contributed by atoms with E-state index in [0.717, 1.165) is 0 Å². The van der Waals surface area contributed by atoms with Gasteiger partial charge in [-0.15, -0.1) is 0 Å². The van der Waals surface area contributed by atoms with Crippen LogP contribution in [0.3, 0.4) is 0 Å². The number of hydrogen-bond donors (Lipinski definition) is 1. The maximum absolute atomic E-state index is 11.1. The molecule has 0 spiro atoms. The van der Waals surface area contributed by atoms with Crippen LogP contribution in [0.15, 0.2) is 0 Å². The second-order valence-electron chi connectivity index (χ2n) is 0.903. The van der Waals surface area contributed by atoms with Gasteiger partial charge in [-0.2, -0.15) is 13.6 Å². The number of hydrogen-bond acceptors (Lipinski definition) is 3. The molecule has 1 aliphatic rings. The quantitative estimate of drug-likeness (QED) is 0.255. The molecule has 1 atom stereocenters. The van der Waals surface area contributed by atoms with Gasteiger partial charge in [0.15, 0.2) is 0 Å². The zero-order valence-corrected chi connectivity index (χ0v) is 2.69. The average Bonchev–Trinajstić information content (AvgIpc) is 1.73. The largest absolute Gasteiger partial charge is 0.479 e. The van der Waals surface area contributed by atoms with E-state index in [1.807, 2.05) is 0 Å². The van der Waals surface area contributed by atoms with Crippen LogP contribution < -0.4 is 5.84 Å². The SMILES string of the molecule is NN1OC1(F)F. The number of halogens is 2. The number of hydrazine groups is 1. The fourth-order valence-electron chi connectivity index (χ4n) is 0.0979. The Morgan fingerprint density at radius 3 is 1.83 bits per heavy atom. The molecule has 0 saturated carbocycles. The van der Waals surface area contributed by atoms with E-state index in [1.165, 1.54) is 0 Å². The van der Waals surface area contributed by atoms with Gasteiger partial charge in [0.1, 0.15) is 0 Å². The summed E-state index contributed by atoms with van der Waals surface area (Å²) in [6.07, 6.45) is -3.18. The van der Waals surface area contributed by atoms with Crippen molar-refractivity contribution in [1.82, 2.24) is 5.17 Å². The summed E-state index contributed by atoms with van der Waals surface area (Å²) in [6.45, 7) is 0. The van der Waals surface area contributed by atoms with Crippen LogP contribution in [0.5, 0.6) is 0 Å². The zero-order chi connectivity index (χ0) is 4.78. The third-order valence-electron chi connectivity index (χ3n) is 0.432. The number of hydroxylamine groups is 1. The van der Waals surface area contributed by atoms with Crippen molar-refractivity contribution in [2.75, 3.05) is 0 Å². The van der Waals surface area contributed by atoms with Crippen molar-refractivity contribution in [2.24, 2.45) is 5.84 Å². The molecule has 2 N–H and O–H groups in total. The van der Waals surface area contributed by atoms with E-state index in [-0.39, 0.29) is 5.17 Å². The van der Waals surface area contributed by atoms with Gasteiger partial charge in [-0.3, -0.25) is 0 Å². The normalized spacial score (nSPS) is 39.5. The molecule has 0 amide bonds. The Labute approximate surface area is 32.2 Å². The lowest BCUT2D eigenvalue weighted by Gasteiger charge is -1.74. The fourth-order valence-corrected chi connectivity index (χ4v) is 0.0979. The highest BCUT2D eigenvalue weighted by molar-refractivity contribution is 4.49. The molecule has 1 fully saturated rings. The smallest absolute Gasteiger partial charge is 0.237 e. The highest BCUT2D eigenvalue weighted by atomic mass is 19.3. The van der Waals surface area contributed by atoms with Crippen molar-refractivity contribution in [3.63, 3.8) is 0 Å². The Hall–Kier alpha value is -0.260. The standard InChI is InChI=1S/CH2F2N2O/c2-1(3)5(4)6-1/h4H2. The Kier molecular flexibility index (Phi) is 0.456.